The molecule has 0 bridgehead atoms. The number of carbonyl (C=O) groups is 1. The van der Waals surface area contributed by atoms with Gasteiger partial charge in [0.25, 0.3) is 5.91 Å². The molecule has 138 valence electrons. The van der Waals surface area contributed by atoms with Crippen molar-refractivity contribution in [3.8, 4) is 11.1 Å². The first-order chi connectivity index (χ1) is 13.0. The maximum atomic E-state index is 12.3. The van der Waals surface area contributed by atoms with Crippen molar-refractivity contribution in [3.63, 3.8) is 0 Å². The molecule has 0 aromatic heterocycles. The Bertz CT molecular complexity index is 869. The molecule has 1 atom stereocenters. The molecule has 27 heavy (non-hydrogen) atoms. The molecule has 3 rings (SSSR count). The zero-order valence-corrected chi connectivity index (χ0v) is 15.7. The predicted molar refractivity (Wildman–Crippen MR) is 110 cm³/mol. The zero-order chi connectivity index (χ0) is 19.2. The minimum absolute atomic E-state index is 0.181. The largest absolute Gasteiger partial charge is 0.387 e. The van der Waals surface area contributed by atoms with Crippen LogP contribution < -0.4 is 5.32 Å². The van der Waals surface area contributed by atoms with Crippen molar-refractivity contribution in [2.24, 2.45) is 0 Å². The van der Waals surface area contributed by atoms with Gasteiger partial charge in [0.15, 0.2) is 0 Å². The number of aliphatic hydroxyl groups is 1. The molecule has 1 unspecified atom stereocenters. The maximum absolute atomic E-state index is 12.3. The second-order valence-corrected chi connectivity index (χ2v) is 6.99. The molecule has 0 fully saturated rings. The second-order valence-electron chi connectivity index (χ2n) is 6.99. The van der Waals surface area contributed by atoms with E-state index in [0.717, 1.165) is 16.7 Å². The molecule has 0 spiro atoms. The van der Waals surface area contributed by atoms with Gasteiger partial charge >= 0.3 is 0 Å². The molecule has 1 amide bonds. The lowest BCUT2D eigenvalue weighted by Crippen LogP contribution is -2.28. The molecule has 0 saturated heterocycles. The molecule has 0 radical (unpaired) electrons. The Kier molecular flexibility index (Phi) is 6.05. The number of amides is 1. The van der Waals surface area contributed by atoms with Crippen LogP contribution in [0.25, 0.3) is 11.1 Å². The highest BCUT2D eigenvalue weighted by Gasteiger charge is 2.11. The molecule has 3 nitrogen and oxygen atoms in total. The van der Waals surface area contributed by atoms with Crippen LogP contribution in [0, 0.1) is 0 Å². The SMILES string of the molecule is CC(C)c1ccc(C(O)CNC(=O)c2ccc(-c3ccccc3)cc2)cc1. The molecule has 0 aliphatic carbocycles. The fourth-order valence-electron chi connectivity index (χ4n) is 2.96. The zero-order valence-electron chi connectivity index (χ0n) is 15.7. The van der Waals surface area contributed by atoms with E-state index >= 15 is 0 Å². The van der Waals surface area contributed by atoms with E-state index in [-0.39, 0.29) is 12.5 Å². The first-order valence-electron chi connectivity index (χ1n) is 9.26. The molecule has 0 heterocycles. The lowest BCUT2D eigenvalue weighted by molar-refractivity contribution is 0.0916. The quantitative estimate of drug-likeness (QED) is 0.655. The van der Waals surface area contributed by atoms with Crippen molar-refractivity contribution in [2.45, 2.75) is 25.9 Å². The standard InChI is InChI=1S/C24H25NO2/c1-17(2)18-8-12-21(13-9-18)23(26)16-25-24(27)22-14-10-20(11-15-22)19-6-4-3-5-7-19/h3-15,17,23,26H,16H2,1-2H3,(H,25,27). The van der Waals surface area contributed by atoms with Crippen molar-refractivity contribution >= 4 is 5.91 Å². The maximum Gasteiger partial charge on any atom is 0.251 e. The van der Waals surface area contributed by atoms with Crippen LogP contribution in [0.1, 0.15) is 47.4 Å². The number of hydrogen-bond acceptors (Lipinski definition) is 2. The number of hydrogen-bond donors (Lipinski definition) is 2. The van der Waals surface area contributed by atoms with Gasteiger partial charge in [0.1, 0.15) is 0 Å². The molecule has 0 aliphatic heterocycles. The first-order valence-corrected chi connectivity index (χ1v) is 9.26. The Hall–Kier alpha value is -2.91. The van der Waals surface area contributed by atoms with Crippen LogP contribution in [-0.4, -0.2) is 17.6 Å². The molecule has 0 saturated carbocycles. The lowest BCUT2D eigenvalue weighted by atomic mass is 10.00. The summed E-state index contributed by atoms with van der Waals surface area (Å²) in [5.74, 6) is 0.266. The van der Waals surface area contributed by atoms with Crippen LogP contribution >= 0.6 is 0 Å². The third-order valence-electron chi connectivity index (χ3n) is 4.70. The summed E-state index contributed by atoms with van der Waals surface area (Å²) >= 11 is 0. The Morgan fingerprint density at radius 2 is 1.37 bits per heavy atom. The van der Waals surface area contributed by atoms with Gasteiger partial charge in [0.05, 0.1) is 6.10 Å². The van der Waals surface area contributed by atoms with E-state index < -0.39 is 6.10 Å². The molecule has 0 aliphatic rings. The Labute approximate surface area is 160 Å². The molecule has 3 aromatic carbocycles. The van der Waals surface area contributed by atoms with E-state index in [1.165, 1.54) is 5.56 Å². The van der Waals surface area contributed by atoms with Gasteiger partial charge in [-0.05, 0) is 40.3 Å². The van der Waals surface area contributed by atoms with Crippen LogP contribution in [0.15, 0.2) is 78.9 Å². The highest BCUT2D eigenvalue weighted by Crippen LogP contribution is 2.20. The summed E-state index contributed by atoms with van der Waals surface area (Å²) in [5, 5.41) is 13.1. The van der Waals surface area contributed by atoms with Gasteiger partial charge in [-0.2, -0.15) is 0 Å². The fraction of sp³-hybridized carbons (Fsp3) is 0.208. The van der Waals surface area contributed by atoms with Crippen molar-refractivity contribution < 1.29 is 9.90 Å². The summed E-state index contributed by atoms with van der Waals surface area (Å²) in [5.41, 5.74) is 4.80. The van der Waals surface area contributed by atoms with Crippen molar-refractivity contribution in [2.75, 3.05) is 6.54 Å². The summed E-state index contributed by atoms with van der Waals surface area (Å²) in [4.78, 5) is 12.3. The van der Waals surface area contributed by atoms with Gasteiger partial charge in [-0.1, -0.05) is 80.6 Å². The van der Waals surface area contributed by atoms with Crippen molar-refractivity contribution in [1.82, 2.24) is 5.32 Å². The van der Waals surface area contributed by atoms with Gasteiger partial charge in [0.2, 0.25) is 0 Å². The average Bonchev–Trinajstić information content (AvgIpc) is 2.72. The smallest absolute Gasteiger partial charge is 0.251 e. The van der Waals surface area contributed by atoms with Gasteiger partial charge in [0, 0.05) is 12.1 Å². The summed E-state index contributed by atoms with van der Waals surface area (Å²) < 4.78 is 0. The van der Waals surface area contributed by atoms with Crippen LogP contribution in [0.4, 0.5) is 0 Å². The van der Waals surface area contributed by atoms with Crippen molar-refractivity contribution in [3.05, 3.63) is 95.6 Å². The van der Waals surface area contributed by atoms with Crippen LogP contribution in [0.5, 0.6) is 0 Å². The lowest BCUT2D eigenvalue weighted by Gasteiger charge is -2.14. The fourth-order valence-corrected chi connectivity index (χ4v) is 2.96. The highest BCUT2D eigenvalue weighted by atomic mass is 16.3. The van der Waals surface area contributed by atoms with E-state index in [9.17, 15) is 9.90 Å². The summed E-state index contributed by atoms with van der Waals surface area (Å²) in [6.07, 6.45) is -0.723. The van der Waals surface area contributed by atoms with Crippen LogP contribution in [-0.2, 0) is 0 Å². The topological polar surface area (TPSA) is 49.3 Å². The number of aliphatic hydroxyl groups excluding tert-OH is 1. The third-order valence-corrected chi connectivity index (χ3v) is 4.70. The average molecular weight is 359 g/mol. The van der Waals surface area contributed by atoms with E-state index in [2.05, 4.69) is 19.2 Å². The number of benzene rings is 3. The monoisotopic (exact) mass is 359 g/mol. The van der Waals surface area contributed by atoms with Gasteiger partial charge in [-0.25, -0.2) is 0 Å². The highest BCUT2D eigenvalue weighted by molar-refractivity contribution is 5.94. The van der Waals surface area contributed by atoms with Gasteiger partial charge in [-0.15, -0.1) is 0 Å². The number of carbonyl (C=O) groups excluding carboxylic acids is 1. The Morgan fingerprint density at radius 1 is 0.815 bits per heavy atom. The van der Waals surface area contributed by atoms with Gasteiger partial charge < -0.3 is 10.4 Å². The van der Waals surface area contributed by atoms with Crippen LogP contribution in [0.2, 0.25) is 0 Å². The van der Waals surface area contributed by atoms with E-state index in [1.54, 1.807) is 0 Å². The van der Waals surface area contributed by atoms with Crippen molar-refractivity contribution in [1.29, 1.82) is 0 Å². The molecular weight excluding hydrogens is 334 g/mol. The minimum atomic E-state index is -0.723. The number of rotatable bonds is 6. The Balaban J connectivity index is 1.58. The molecular formula is C24H25NO2. The first kappa shape index (κ1) is 18.9. The van der Waals surface area contributed by atoms with Crippen LogP contribution in [0.3, 0.4) is 0 Å². The molecule has 3 heteroatoms. The summed E-state index contributed by atoms with van der Waals surface area (Å²) in [7, 11) is 0. The number of nitrogens with one attached hydrogen (secondary N) is 1. The summed E-state index contributed by atoms with van der Waals surface area (Å²) in [6, 6.07) is 25.4. The summed E-state index contributed by atoms with van der Waals surface area (Å²) in [6.45, 7) is 4.45. The molecule has 2 N–H and O–H groups in total. The predicted octanol–water partition coefficient (Wildman–Crippen LogP) is 4.94. The van der Waals surface area contributed by atoms with E-state index in [4.69, 9.17) is 0 Å². The minimum Gasteiger partial charge on any atom is -0.387 e. The third kappa shape index (κ3) is 4.83. The Morgan fingerprint density at radius 3 is 1.96 bits per heavy atom. The van der Waals surface area contributed by atoms with E-state index in [1.807, 2.05) is 78.9 Å². The van der Waals surface area contributed by atoms with Gasteiger partial charge in [-0.3, -0.25) is 4.79 Å². The normalized spacial score (nSPS) is 12.0. The molecule has 3 aromatic rings. The van der Waals surface area contributed by atoms with E-state index in [0.29, 0.717) is 11.5 Å². The second kappa shape index (κ2) is 8.65.